The lowest BCUT2D eigenvalue weighted by atomic mass is 9.75. The van der Waals surface area contributed by atoms with Crippen molar-refractivity contribution >= 4 is 0 Å². The van der Waals surface area contributed by atoms with Crippen LogP contribution in [-0.2, 0) is 14.8 Å². The minimum atomic E-state index is -0.184. The highest BCUT2D eigenvalue weighted by Crippen LogP contribution is 2.40. The van der Waals surface area contributed by atoms with Gasteiger partial charge in [-0.3, -0.25) is 0 Å². The zero-order valence-electron chi connectivity index (χ0n) is 16.2. The molecule has 2 aliphatic rings. The average Bonchev–Trinajstić information content (AvgIpc) is 2.47. The van der Waals surface area contributed by atoms with Crippen molar-refractivity contribution in [3.63, 3.8) is 0 Å². The predicted octanol–water partition coefficient (Wildman–Crippen LogP) is 6.08. The fourth-order valence-electron chi connectivity index (χ4n) is 4.18. The number of rotatable bonds is 6. The smallest absolute Gasteiger partial charge is 0.104 e. The molecule has 0 aromatic rings. The molecule has 0 aliphatic heterocycles. The van der Waals surface area contributed by atoms with E-state index in [1.807, 2.05) is 0 Å². The molecule has 0 amide bonds. The van der Waals surface area contributed by atoms with Gasteiger partial charge in [-0.15, -0.1) is 0 Å². The molecule has 136 valence electrons. The van der Waals surface area contributed by atoms with Gasteiger partial charge in [0.1, 0.15) is 11.2 Å². The Balaban J connectivity index is 1.71. The molecule has 2 saturated carbocycles. The molecule has 0 aromatic carbocycles. The summed E-state index contributed by atoms with van der Waals surface area (Å²) in [5.41, 5.74) is -0.367. The maximum absolute atomic E-state index is 5.72. The highest BCUT2D eigenvalue weighted by Gasteiger charge is 2.37. The summed E-state index contributed by atoms with van der Waals surface area (Å²) in [6, 6.07) is 0. The summed E-state index contributed by atoms with van der Waals surface area (Å²) in [5, 5.41) is 5.31. The monoisotopic (exact) mass is 326 g/mol. The maximum Gasteiger partial charge on any atom is 0.104 e. The first-order valence-corrected chi connectivity index (χ1v) is 9.76. The third-order valence-corrected chi connectivity index (χ3v) is 6.53. The van der Waals surface area contributed by atoms with Crippen molar-refractivity contribution in [1.82, 2.24) is 0 Å². The standard InChI is InChI=1S/C20H38O3/c1-15(2)17-7-11-19(5,12-8-17)21-23-22-20(6)13-9-18(10-14-20)16(3)4/h15-18H,7-14H2,1-6H3. The van der Waals surface area contributed by atoms with Gasteiger partial charge < -0.3 is 0 Å². The Kier molecular flexibility index (Phi) is 6.55. The van der Waals surface area contributed by atoms with Crippen LogP contribution in [-0.4, -0.2) is 11.2 Å². The van der Waals surface area contributed by atoms with E-state index in [0.29, 0.717) is 0 Å². The summed E-state index contributed by atoms with van der Waals surface area (Å²) in [4.78, 5) is 11.4. The van der Waals surface area contributed by atoms with E-state index in [-0.39, 0.29) is 11.2 Å². The molecule has 0 atom stereocenters. The lowest BCUT2D eigenvalue weighted by Gasteiger charge is -2.39. The molecule has 23 heavy (non-hydrogen) atoms. The van der Waals surface area contributed by atoms with Crippen molar-refractivity contribution < 1.29 is 14.8 Å². The summed E-state index contributed by atoms with van der Waals surface area (Å²) >= 11 is 0. The molecule has 2 rings (SSSR count). The zero-order chi connectivity index (χ0) is 17.1. The van der Waals surface area contributed by atoms with Gasteiger partial charge in [-0.2, -0.15) is 9.78 Å². The van der Waals surface area contributed by atoms with Crippen molar-refractivity contribution in [2.75, 3.05) is 0 Å². The average molecular weight is 327 g/mol. The van der Waals surface area contributed by atoms with Gasteiger partial charge in [0.15, 0.2) is 0 Å². The topological polar surface area (TPSA) is 27.7 Å². The van der Waals surface area contributed by atoms with E-state index in [2.05, 4.69) is 41.5 Å². The summed E-state index contributed by atoms with van der Waals surface area (Å²) < 4.78 is 0. The zero-order valence-corrected chi connectivity index (χ0v) is 16.2. The van der Waals surface area contributed by atoms with Crippen molar-refractivity contribution in [3.05, 3.63) is 0 Å². The van der Waals surface area contributed by atoms with Crippen LogP contribution in [0.1, 0.15) is 92.9 Å². The van der Waals surface area contributed by atoms with Gasteiger partial charge in [-0.1, -0.05) is 32.7 Å². The van der Waals surface area contributed by atoms with E-state index in [1.54, 1.807) is 0 Å². The Morgan fingerprint density at radius 3 is 1.22 bits per heavy atom. The maximum atomic E-state index is 5.72. The second-order valence-electron chi connectivity index (χ2n) is 9.30. The number of hydrogen-bond acceptors (Lipinski definition) is 3. The van der Waals surface area contributed by atoms with Crippen LogP contribution in [0.15, 0.2) is 0 Å². The summed E-state index contributed by atoms with van der Waals surface area (Å²) in [6.45, 7) is 13.6. The quantitative estimate of drug-likeness (QED) is 0.437. The van der Waals surface area contributed by atoms with Crippen molar-refractivity contribution in [3.8, 4) is 0 Å². The minimum Gasteiger partial charge on any atom is -0.200 e. The molecular formula is C20H38O3. The van der Waals surface area contributed by atoms with Gasteiger partial charge >= 0.3 is 0 Å². The summed E-state index contributed by atoms with van der Waals surface area (Å²) in [6.07, 6.45) is 9.15. The third kappa shape index (κ3) is 5.44. The molecule has 0 heterocycles. The van der Waals surface area contributed by atoms with Gasteiger partial charge in [0.05, 0.1) is 0 Å². The molecule has 2 aliphatic carbocycles. The first-order chi connectivity index (χ1) is 10.7. The van der Waals surface area contributed by atoms with Crippen LogP contribution in [0.5, 0.6) is 0 Å². The molecule has 2 fully saturated rings. The minimum absolute atomic E-state index is 0.184. The highest BCUT2D eigenvalue weighted by molar-refractivity contribution is 4.84. The van der Waals surface area contributed by atoms with E-state index in [1.165, 1.54) is 25.7 Å². The van der Waals surface area contributed by atoms with Crippen LogP contribution >= 0.6 is 0 Å². The molecule has 3 nitrogen and oxygen atoms in total. The van der Waals surface area contributed by atoms with Gasteiger partial charge in [0.25, 0.3) is 0 Å². The second-order valence-corrected chi connectivity index (χ2v) is 9.30. The van der Waals surface area contributed by atoms with Gasteiger partial charge in [-0.25, -0.2) is 0 Å². The van der Waals surface area contributed by atoms with Crippen LogP contribution in [0.25, 0.3) is 0 Å². The fourth-order valence-corrected chi connectivity index (χ4v) is 4.18. The first kappa shape index (κ1) is 19.2. The SMILES string of the molecule is CC(C)C1CCC(C)(OOOC2(C)CCC(C(C)C)CC2)CC1. The largest absolute Gasteiger partial charge is 0.200 e. The van der Waals surface area contributed by atoms with E-state index in [9.17, 15) is 0 Å². The molecule has 0 radical (unpaired) electrons. The van der Waals surface area contributed by atoms with E-state index in [0.717, 1.165) is 49.4 Å². The molecular weight excluding hydrogens is 288 g/mol. The van der Waals surface area contributed by atoms with Gasteiger partial charge in [-0.05, 0) is 88.9 Å². The Morgan fingerprint density at radius 1 is 0.652 bits per heavy atom. The Labute approximate surface area is 143 Å². The molecule has 3 heteroatoms. The van der Waals surface area contributed by atoms with E-state index >= 15 is 0 Å². The molecule has 0 aromatic heterocycles. The normalized spacial score (nSPS) is 39.1. The third-order valence-electron chi connectivity index (χ3n) is 6.53. The van der Waals surface area contributed by atoms with Crippen molar-refractivity contribution in [2.24, 2.45) is 23.7 Å². The van der Waals surface area contributed by atoms with Gasteiger partial charge in [0.2, 0.25) is 0 Å². The first-order valence-electron chi connectivity index (χ1n) is 9.76. The summed E-state index contributed by atoms with van der Waals surface area (Å²) in [7, 11) is 0. The molecule has 0 unspecified atom stereocenters. The molecule has 0 N–H and O–H groups in total. The fraction of sp³-hybridized carbons (Fsp3) is 1.00. The highest BCUT2D eigenvalue weighted by atomic mass is 17.5. The summed E-state index contributed by atoms with van der Waals surface area (Å²) in [5.74, 6) is 3.20. The number of hydrogen-bond donors (Lipinski definition) is 0. The molecule has 0 saturated heterocycles. The second kappa shape index (κ2) is 7.84. The van der Waals surface area contributed by atoms with E-state index in [4.69, 9.17) is 14.8 Å². The van der Waals surface area contributed by atoms with Crippen LogP contribution in [0, 0.1) is 23.7 Å². The van der Waals surface area contributed by atoms with Crippen molar-refractivity contribution in [2.45, 2.75) is 104 Å². The predicted molar refractivity (Wildman–Crippen MR) is 93.7 cm³/mol. The van der Waals surface area contributed by atoms with Crippen LogP contribution < -0.4 is 0 Å². The Hall–Kier alpha value is -0.120. The Bertz CT molecular complexity index is 314. The van der Waals surface area contributed by atoms with Crippen molar-refractivity contribution in [1.29, 1.82) is 0 Å². The lowest BCUT2D eigenvalue weighted by Crippen LogP contribution is -2.39. The van der Waals surface area contributed by atoms with E-state index < -0.39 is 0 Å². The van der Waals surface area contributed by atoms with Crippen LogP contribution in [0.3, 0.4) is 0 Å². The molecule has 0 spiro atoms. The van der Waals surface area contributed by atoms with Crippen LogP contribution in [0.2, 0.25) is 0 Å². The van der Waals surface area contributed by atoms with Crippen LogP contribution in [0.4, 0.5) is 0 Å². The van der Waals surface area contributed by atoms with Gasteiger partial charge in [0, 0.05) is 0 Å². The Morgan fingerprint density at radius 2 is 0.957 bits per heavy atom. The lowest BCUT2D eigenvalue weighted by molar-refractivity contribution is -0.571. The molecule has 0 bridgehead atoms.